The molecule has 0 aliphatic heterocycles. The van der Waals surface area contributed by atoms with Crippen LogP contribution in [0.3, 0.4) is 0 Å². The maximum absolute atomic E-state index is 13.1. The van der Waals surface area contributed by atoms with Crippen molar-refractivity contribution < 1.29 is 13.9 Å². The summed E-state index contributed by atoms with van der Waals surface area (Å²) in [6.07, 6.45) is 2.20. The molecular formula is C13H10FNO2. The molecule has 0 spiro atoms. The Hall–Kier alpha value is -2.23. The standard InChI is InChI=1S/C13H10FNO2/c1-17-13-11(8-16)5-10(7-15-13)9-3-2-4-12(14)6-9/h2-8H,1H3. The summed E-state index contributed by atoms with van der Waals surface area (Å²) < 4.78 is 18.0. The average molecular weight is 231 g/mol. The SMILES string of the molecule is COc1ncc(-c2cccc(F)c2)cc1C=O. The van der Waals surface area contributed by atoms with Crippen molar-refractivity contribution in [3.63, 3.8) is 0 Å². The fraction of sp³-hybridized carbons (Fsp3) is 0.0769. The monoisotopic (exact) mass is 231 g/mol. The number of carbonyl (C=O) groups is 1. The van der Waals surface area contributed by atoms with Gasteiger partial charge in [-0.2, -0.15) is 0 Å². The topological polar surface area (TPSA) is 39.2 Å². The maximum atomic E-state index is 13.1. The average Bonchev–Trinajstić information content (AvgIpc) is 2.38. The lowest BCUT2D eigenvalue weighted by atomic mass is 10.1. The van der Waals surface area contributed by atoms with Gasteiger partial charge in [0.1, 0.15) is 5.82 Å². The predicted molar refractivity (Wildman–Crippen MR) is 61.6 cm³/mol. The third-order valence-electron chi connectivity index (χ3n) is 2.36. The van der Waals surface area contributed by atoms with Gasteiger partial charge in [-0.15, -0.1) is 0 Å². The molecule has 0 N–H and O–H groups in total. The summed E-state index contributed by atoms with van der Waals surface area (Å²) in [6.45, 7) is 0. The highest BCUT2D eigenvalue weighted by molar-refractivity contribution is 5.81. The van der Waals surface area contributed by atoms with Gasteiger partial charge in [-0.25, -0.2) is 9.37 Å². The molecule has 0 amide bonds. The van der Waals surface area contributed by atoms with Crippen molar-refractivity contribution in [2.45, 2.75) is 0 Å². The highest BCUT2D eigenvalue weighted by Gasteiger charge is 2.06. The summed E-state index contributed by atoms with van der Waals surface area (Å²) >= 11 is 0. The van der Waals surface area contributed by atoms with Crippen LogP contribution in [-0.4, -0.2) is 18.4 Å². The molecule has 0 atom stereocenters. The molecule has 1 aromatic heterocycles. The maximum Gasteiger partial charge on any atom is 0.223 e. The second-order valence-corrected chi connectivity index (χ2v) is 3.45. The molecule has 17 heavy (non-hydrogen) atoms. The van der Waals surface area contributed by atoms with Crippen molar-refractivity contribution in [1.82, 2.24) is 4.98 Å². The number of aldehydes is 1. The molecular weight excluding hydrogens is 221 g/mol. The van der Waals surface area contributed by atoms with Crippen molar-refractivity contribution >= 4 is 6.29 Å². The Bertz CT molecular complexity index is 555. The van der Waals surface area contributed by atoms with E-state index in [4.69, 9.17) is 4.74 Å². The van der Waals surface area contributed by atoms with Gasteiger partial charge in [-0.3, -0.25) is 4.79 Å². The van der Waals surface area contributed by atoms with Crippen LogP contribution < -0.4 is 4.74 Å². The Morgan fingerprint density at radius 3 is 2.76 bits per heavy atom. The molecule has 0 aliphatic rings. The van der Waals surface area contributed by atoms with Gasteiger partial charge in [0.05, 0.1) is 12.7 Å². The third-order valence-corrected chi connectivity index (χ3v) is 2.36. The van der Waals surface area contributed by atoms with E-state index in [1.54, 1.807) is 24.4 Å². The minimum Gasteiger partial charge on any atom is -0.480 e. The molecule has 1 heterocycles. The Balaban J connectivity index is 2.50. The number of methoxy groups -OCH3 is 1. The summed E-state index contributed by atoms with van der Waals surface area (Å²) in [7, 11) is 1.44. The zero-order chi connectivity index (χ0) is 12.3. The Morgan fingerprint density at radius 1 is 1.29 bits per heavy atom. The minimum absolute atomic E-state index is 0.264. The van der Waals surface area contributed by atoms with Crippen LogP contribution in [0.4, 0.5) is 4.39 Å². The first-order valence-corrected chi connectivity index (χ1v) is 4.99. The first-order chi connectivity index (χ1) is 8.24. The summed E-state index contributed by atoms with van der Waals surface area (Å²) in [5.74, 6) is -0.0638. The fourth-order valence-electron chi connectivity index (χ4n) is 1.55. The minimum atomic E-state index is -0.328. The molecule has 2 aromatic rings. The second kappa shape index (κ2) is 4.74. The quantitative estimate of drug-likeness (QED) is 0.762. The fourth-order valence-corrected chi connectivity index (χ4v) is 1.55. The lowest BCUT2D eigenvalue weighted by Crippen LogP contribution is -1.94. The number of hydrogen-bond acceptors (Lipinski definition) is 3. The van der Waals surface area contributed by atoms with Gasteiger partial charge >= 0.3 is 0 Å². The van der Waals surface area contributed by atoms with E-state index in [0.29, 0.717) is 23.0 Å². The van der Waals surface area contributed by atoms with Crippen molar-refractivity contribution in [3.8, 4) is 17.0 Å². The van der Waals surface area contributed by atoms with Gasteiger partial charge in [-0.05, 0) is 23.8 Å². The van der Waals surface area contributed by atoms with Gasteiger partial charge < -0.3 is 4.74 Å². The summed E-state index contributed by atoms with van der Waals surface area (Å²) in [5.41, 5.74) is 1.69. The normalized spacial score (nSPS) is 10.0. The van der Waals surface area contributed by atoms with E-state index >= 15 is 0 Å². The highest BCUT2D eigenvalue weighted by Crippen LogP contribution is 2.23. The van der Waals surface area contributed by atoms with Crippen molar-refractivity contribution in [2.24, 2.45) is 0 Å². The third kappa shape index (κ3) is 2.30. The van der Waals surface area contributed by atoms with E-state index in [9.17, 15) is 9.18 Å². The number of ether oxygens (including phenoxy) is 1. The van der Waals surface area contributed by atoms with Crippen molar-refractivity contribution in [2.75, 3.05) is 7.11 Å². The predicted octanol–water partition coefficient (Wildman–Crippen LogP) is 2.71. The molecule has 0 aliphatic carbocycles. The lowest BCUT2D eigenvalue weighted by molar-refractivity contribution is 0.112. The number of rotatable bonds is 3. The first-order valence-electron chi connectivity index (χ1n) is 4.99. The van der Waals surface area contributed by atoms with Crippen LogP contribution in [0.1, 0.15) is 10.4 Å². The van der Waals surface area contributed by atoms with Crippen molar-refractivity contribution in [3.05, 3.63) is 47.9 Å². The molecule has 0 unspecified atom stereocenters. The van der Waals surface area contributed by atoms with Gasteiger partial charge in [0.15, 0.2) is 6.29 Å². The number of benzene rings is 1. The van der Waals surface area contributed by atoms with Crippen LogP contribution in [0.15, 0.2) is 36.5 Å². The van der Waals surface area contributed by atoms with Crippen molar-refractivity contribution in [1.29, 1.82) is 0 Å². The number of hydrogen-bond donors (Lipinski definition) is 0. The summed E-state index contributed by atoms with van der Waals surface area (Å²) in [5, 5.41) is 0. The zero-order valence-electron chi connectivity index (χ0n) is 9.18. The van der Waals surface area contributed by atoms with E-state index in [-0.39, 0.29) is 11.7 Å². The van der Waals surface area contributed by atoms with Crippen LogP contribution in [0.5, 0.6) is 5.88 Å². The van der Waals surface area contributed by atoms with E-state index < -0.39 is 0 Å². The number of aromatic nitrogens is 1. The molecule has 3 nitrogen and oxygen atoms in total. The van der Waals surface area contributed by atoms with Crippen LogP contribution in [0.2, 0.25) is 0 Å². The molecule has 86 valence electrons. The molecule has 0 saturated heterocycles. The summed E-state index contributed by atoms with van der Waals surface area (Å²) in [6, 6.07) is 7.73. The smallest absolute Gasteiger partial charge is 0.223 e. The Morgan fingerprint density at radius 2 is 2.12 bits per heavy atom. The molecule has 4 heteroatoms. The van der Waals surface area contributed by atoms with Gasteiger partial charge in [0.25, 0.3) is 0 Å². The van der Waals surface area contributed by atoms with Crippen LogP contribution in [0, 0.1) is 5.82 Å². The van der Waals surface area contributed by atoms with E-state index in [1.165, 1.54) is 19.2 Å². The summed E-state index contributed by atoms with van der Waals surface area (Å²) in [4.78, 5) is 14.8. The largest absolute Gasteiger partial charge is 0.480 e. The van der Waals surface area contributed by atoms with E-state index in [2.05, 4.69) is 4.98 Å². The molecule has 0 saturated carbocycles. The van der Waals surface area contributed by atoms with Gasteiger partial charge in [-0.1, -0.05) is 12.1 Å². The lowest BCUT2D eigenvalue weighted by Gasteiger charge is -2.05. The highest BCUT2D eigenvalue weighted by atomic mass is 19.1. The van der Waals surface area contributed by atoms with E-state index in [1.807, 2.05) is 0 Å². The number of pyridine rings is 1. The number of carbonyl (C=O) groups excluding carboxylic acids is 1. The first kappa shape index (κ1) is 11.3. The molecule has 1 aromatic carbocycles. The second-order valence-electron chi connectivity index (χ2n) is 3.45. The van der Waals surface area contributed by atoms with E-state index in [0.717, 1.165) is 0 Å². The Labute approximate surface area is 97.9 Å². The van der Waals surface area contributed by atoms with Gasteiger partial charge in [0, 0.05) is 11.8 Å². The molecule has 2 rings (SSSR count). The zero-order valence-corrected chi connectivity index (χ0v) is 9.18. The molecule has 0 bridgehead atoms. The van der Waals surface area contributed by atoms with Gasteiger partial charge in [0.2, 0.25) is 5.88 Å². The Kier molecular flexibility index (Phi) is 3.14. The number of nitrogens with zero attached hydrogens (tertiary/aromatic N) is 1. The molecule has 0 radical (unpaired) electrons. The molecule has 0 fully saturated rings. The van der Waals surface area contributed by atoms with Crippen LogP contribution in [-0.2, 0) is 0 Å². The van der Waals surface area contributed by atoms with Crippen LogP contribution in [0.25, 0.3) is 11.1 Å². The van der Waals surface area contributed by atoms with Crippen LogP contribution >= 0.6 is 0 Å². The number of halogens is 1.